The lowest BCUT2D eigenvalue weighted by Gasteiger charge is -2.18. The Balaban J connectivity index is 1.64. The molecule has 0 saturated carbocycles. The van der Waals surface area contributed by atoms with E-state index in [0.717, 1.165) is 32.0 Å². The maximum atomic E-state index is 5.72. The Bertz CT molecular complexity index is 352. The molecular formula is C17H27NO. The highest BCUT2D eigenvalue weighted by atomic mass is 16.5. The van der Waals surface area contributed by atoms with Gasteiger partial charge in [-0.2, -0.15) is 0 Å². The average Bonchev–Trinajstić information content (AvgIpc) is 2.91. The van der Waals surface area contributed by atoms with Gasteiger partial charge in [0.15, 0.2) is 0 Å². The summed E-state index contributed by atoms with van der Waals surface area (Å²) in [6, 6.07) is 10.8. The summed E-state index contributed by atoms with van der Waals surface area (Å²) in [6.45, 7) is 7.69. The molecule has 106 valence electrons. The average molecular weight is 261 g/mol. The van der Waals surface area contributed by atoms with Crippen molar-refractivity contribution in [1.29, 1.82) is 0 Å². The van der Waals surface area contributed by atoms with Crippen LogP contribution in [-0.4, -0.2) is 25.8 Å². The molecule has 3 unspecified atom stereocenters. The zero-order chi connectivity index (χ0) is 13.5. The Kier molecular flexibility index (Phi) is 5.87. The summed E-state index contributed by atoms with van der Waals surface area (Å²) in [5.41, 5.74) is 1.44. The number of hydrogen-bond donors (Lipinski definition) is 1. The number of ether oxygens (including phenoxy) is 1. The van der Waals surface area contributed by atoms with E-state index in [9.17, 15) is 0 Å². The van der Waals surface area contributed by atoms with Gasteiger partial charge in [0.05, 0.1) is 6.10 Å². The van der Waals surface area contributed by atoms with E-state index in [1.54, 1.807) is 0 Å². The minimum absolute atomic E-state index is 0.485. The second kappa shape index (κ2) is 7.66. The normalized spacial score (nSPS) is 24.5. The van der Waals surface area contributed by atoms with Crippen molar-refractivity contribution in [3.63, 3.8) is 0 Å². The summed E-state index contributed by atoms with van der Waals surface area (Å²) < 4.78 is 5.72. The molecule has 0 spiro atoms. The SMILES string of the molecule is CCC1OCCC1CNCCC(C)c1ccccc1. The van der Waals surface area contributed by atoms with Crippen LogP contribution >= 0.6 is 0 Å². The third kappa shape index (κ3) is 4.32. The van der Waals surface area contributed by atoms with Crippen molar-refractivity contribution in [3.05, 3.63) is 35.9 Å². The predicted octanol–water partition coefficient (Wildman–Crippen LogP) is 3.58. The molecule has 1 saturated heterocycles. The number of hydrogen-bond acceptors (Lipinski definition) is 2. The molecule has 2 nitrogen and oxygen atoms in total. The first-order valence-electron chi connectivity index (χ1n) is 7.68. The van der Waals surface area contributed by atoms with Gasteiger partial charge in [-0.25, -0.2) is 0 Å². The molecule has 19 heavy (non-hydrogen) atoms. The maximum Gasteiger partial charge on any atom is 0.0613 e. The minimum Gasteiger partial charge on any atom is -0.378 e. The molecule has 1 aliphatic heterocycles. The second-order valence-electron chi connectivity index (χ2n) is 5.67. The van der Waals surface area contributed by atoms with Crippen molar-refractivity contribution in [2.75, 3.05) is 19.7 Å². The van der Waals surface area contributed by atoms with Gasteiger partial charge >= 0.3 is 0 Å². The second-order valence-corrected chi connectivity index (χ2v) is 5.67. The zero-order valence-corrected chi connectivity index (χ0v) is 12.3. The largest absolute Gasteiger partial charge is 0.378 e. The van der Waals surface area contributed by atoms with Gasteiger partial charge in [-0.15, -0.1) is 0 Å². The highest BCUT2D eigenvalue weighted by Gasteiger charge is 2.25. The van der Waals surface area contributed by atoms with Crippen LogP contribution < -0.4 is 5.32 Å². The molecule has 1 aromatic rings. The van der Waals surface area contributed by atoms with Crippen LogP contribution in [0.1, 0.15) is 44.6 Å². The van der Waals surface area contributed by atoms with Gasteiger partial charge in [0.1, 0.15) is 0 Å². The van der Waals surface area contributed by atoms with E-state index in [-0.39, 0.29) is 0 Å². The van der Waals surface area contributed by atoms with E-state index in [0.29, 0.717) is 12.0 Å². The van der Waals surface area contributed by atoms with Crippen molar-refractivity contribution in [2.24, 2.45) is 5.92 Å². The highest BCUT2D eigenvalue weighted by molar-refractivity contribution is 5.18. The van der Waals surface area contributed by atoms with Crippen molar-refractivity contribution >= 4 is 0 Å². The van der Waals surface area contributed by atoms with Crippen LogP contribution in [0.2, 0.25) is 0 Å². The summed E-state index contributed by atoms with van der Waals surface area (Å²) >= 11 is 0. The van der Waals surface area contributed by atoms with Crippen molar-refractivity contribution < 1.29 is 4.74 Å². The summed E-state index contributed by atoms with van der Waals surface area (Å²) in [6.07, 6.45) is 4.06. The van der Waals surface area contributed by atoms with Gasteiger partial charge in [0, 0.05) is 13.2 Å². The third-order valence-corrected chi connectivity index (χ3v) is 4.28. The summed E-state index contributed by atoms with van der Waals surface area (Å²) in [4.78, 5) is 0. The molecule has 0 amide bonds. The zero-order valence-electron chi connectivity index (χ0n) is 12.3. The van der Waals surface area contributed by atoms with E-state index in [2.05, 4.69) is 49.5 Å². The first-order chi connectivity index (χ1) is 9.31. The van der Waals surface area contributed by atoms with Gasteiger partial charge in [-0.3, -0.25) is 0 Å². The Morgan fingerprint density at radius 1 is 1.32 bits per heavy atom. The van der Waals surface area contributed by atoms with Crippen molar-refractivity contribution in [3.8, 4) is 0 Å². The fourth-order valence-corrected chi connectivity index (χ4v) is 2.93. The monoisotopic (exact) mass is 261 g/mol. The molecular weight excluding hydrogens is 234 g/mol. The lowest BCUT2D eigenvalue weighted by molar-refractivity contribution is 0.0873. The van der Waals surface area contributed by atoms with Gasteiger partial charge in [0.25, 0.3) is 0 Å². The Labute approximate surface area is 117 Å². The van der Waals surface area contributed by atoms with Crippen molar-refractivity contribution in [2.45, 2.75) is 45.1 Å². The lowest BCUT2D eigenvalue weighted by atomic mass is 9.97. The molecule has 1 aromatic carbocycles. The molecule has 0 bridgehead atoms. The predicted molar refractivity (Wildman–Crippen MR) is 80.5 cm³/mol. The number of benzene rings is 1. The third-order valence-electron chi connectivity index (χ3n) is 4.28. The number of rotatable bonds is 7. The maximum absolute atomic E-state index is 5.72. The molecule has 1 fully saturated rings. The van der Waals surface area contributed by atoms with Crippen LogP contribution in [0, 0.1) is 5.92 Å². The molecule has 0 radical (unpaired) electrons. The van der Waals surface area contributed by atoms with E-state index in [1.807, 2.05) is 0 Å². The highest BCUT2D eigenvalue weighted by Crippen LogP contribution is 2.22. The minimum atomic E-state index is 0.485. The first kappa shape index (κ1) is 14.5. The molecule has 0 aliphatic carbocycles. The first-order valence-corrected chi connectivity index (χ1v) is 7.68. The van der Waals surface area contributed by atoms with Gasteiger partial charge in [-0.1, -0.05) is 44.2 Å². The van der Waals surface area contributed by atoms with Crippen LogP contribution in [0.25, 0.3) is 0 Å². The lowest BCUT2D eigenvalue weighted by Crippen LogP contribution is -2.29. The number of nitrogens with one attached hydrogen (secondary N) is 1. The van der Waals surface area contributed by atoms with E-state index >= 15 is 0 Å². The Morgan fingerprint density at radius 2 is 2.11 bits per heavy atom. The molecule has 3 atom stereocenters. The summed E-state index contributed by atoms with van der Waals surface area (Å²) in [5.74, 6) is 1.35. The molecule has 1 N–H and O–H groups in total. The molecule has 0 aromatic heterocycles. The van der Waals surface area contributed by atoms with Crippen LogP contribution in [0.5, 0.6) is 0 Å². The van der Waals surface area contributed by atoms with E-state index in [1.165, 1.54) is 18.4 Å². The quantitative estimate of drug-likeness (QED) is 0.757. The smallest absolute Gasteiger partial charge is 0.0613 e. The van der Waals surface area contributed by atoms with E-state index in [4.69, 9.17) is 4.74 Å². The fraction of sp³-hybridized carbons (Fsp3) is 0.647. The molecule has 2 heteroatoms. The summed E-state index contributed by atoms with van der Waals surface area (Å²) in [7, 11) is 0. The van der Waals surface area contributed by atoms with Crippen molar-refractivity contribution in [1.82, 2.24) is 5.32 Å². The fourth-order valence-electron chi connectivity index (χ4n) is 2.93. The molecule has 1 heterocycles. The molecule has 1 aliphatic rings. The standard InChI is InChI=1S/C17H27NO/c1-3-17-16(10-12-19-17)13-18-11-9-14(2)15-7-5-4-6-8-15/h4-8,14,16-18H,3,9-13H2,1-2H3. The molecule has 2 rings (SSSR count). The van der Waals surface area contributed by atoms with Crippen LogP contribution in [0.3, 0.4) is 0 Å². The van der Waals surface area contributed by atoms with Crippen LogP contribution in [0.15, 0.2) is 30.3 Å². The Morgan fingerprint density at radius 3 is 2.84 bits per heavy atom. The van der Waals surface area contributed by atoms with E-state index < -0.39 is 0 Å². The van der Waals surface area contributed by atoms with Gasteiger partial charge < -0.3 is 10.1 Å². The van der Waals surface area contributed by atoms with Gasteiger partial charge in [0.2, 0.25) is 0 Å². The van der Waals surface area contributed by atoms with Gasteiger partial charge in [-0.05, 0) is 43.2 Å². The Hall–Kier alpha value is -0.860. The summed E-state index contributed by atoms with van der Waals surface area (Å²) in [5, 5.41) is 3.61. The topological polar surface area (TPSA) is 21.3 Å². The van der Waals surface area contributed by atoms with Crippen LogP contribution in [0.4, 0.5) is 0 Å². The van der Waals surface area contributed by atoms with Crippen LogP contribution in [-0.2, 0) is 4.74 Å².